The predicted molar refractivity (Wildman–Crippen MR) is 167 cm³/mol. The summed E-state index contributed by atoms with van der Waals surface area (Å²) in [6.07, 6.45) is 2.69. The van der Waals surface area contributed by atoms with Gasteiger partial charge in [-0.25, -0.2) is 4.79 Å². The molecular formula is C31H33N5O5S2. The normalized spacial score (nSPS) is 12.8. The Hall–Kier alpha value is -4.16. The SMILES string of the molecule is CCOC(=O)c1c(NC(=O)[C@H](C)Sc2nnc(CNC(=O)c3ccc(OC)cc3)n2-c2cccc(C)c2)sc2c1CCC2. The minimum atomic E-state index is -0.568. The summed E-state index contributed by atoms with van der Waals surface area (Å²) in [4.78, 5) is 40.1. The van der Waals surface area contributed by atoms with Gasteiger partial charge in [0.15, 0.2) is 11.0 Å². The number of aryl methyl sites for hydroxylation is 2. The van der Waals surface area contributed by atoms with E-state index in [-0.39, 0.29) is 25.0 Å². The number of amides is 2. The molecule has 4 aromatic rings. The highest BCUT2D eigenvalue weighted by atomic mass is 32.2. The van der Waals surface area contributed by atoms with E-state index in [4.69, 9.17) is 9.47 Å². The largest absolute Gasteiger partial charge is 0.497 e. The number of carbonyl (C=O) groups is 3. The number of nitrogens with zero attached hydrogens (tertiary/aromatic N) is 3. The van der Waals surface area contributed by atoms with Crippen molar-refractivity contribution in [2.75, 3.05) is 19.0 Å². The zero-order valence-corrected chi connectivity index (χ0v) is 26.1. The molecule has 43 heavy (non-hydrogen) atoms. The molecule has 1 aliphatic rings. The lowest BCUT2D eigenvalue weighted by molar-refractivity contribution is -0.115. The number of thioether (sulfide) groups is 1. The van der Waals surface area contributed by atoms with Crippen LogP contribution in [0, 0.1) is 6.92 Å². The summed E-state index contributed by atoms with van der Waals surface area (Å²) in [5, 5.41) is 15.1. The average molecular weight is 620 g/mol. The minimum Gasteiger partial charge on any atom is -0.497 e. The fraction of sp³-hybridized carbons (Fsp3) is 0.323. The Kier molecular flexibility index (Phi) is 9.46. The van der Waals surface area contributed by atoms with Crippen molar-refractivity contribution in [3.8, 4) is 11.4 Å². The number of nitrogens with one attached hydrogen (secondary N) is 2. The molecule has 0 radical (unpaired) electrons. The van der Waals surface area contributed by atoms with E-state index in [1.807, 2.05) is 35.8 Å². The van der Waals surface area contributed by atoms with Crippen LogP contribution in [0.4, 0.5) is 5.00 Å². The maximum atomic E-state index is 13.4. The van der Waals surface area contributed by atoms with Crippen LogP contribution >= 0.6 is 23.1 Å². The Balaban J connectivity index is 1.35. The average Bonchev–Trinajstić information content (AvgIpc) is 3.70. The van der Waals surface area contributed by atoms with Gasteiger partial charge in [0.1, 0.15) is 10.8 Å². The first kappa shape index (κ1) is 30.3. The number of fused-ring (bicyclic) bond motifs is 1. The van der Waals surface area contributed by atoms with Crippen molar-refractivity contribution in [2.24, 2.45) is 0 Å². The van der Waals surface area contributed by atoms with Crippen LogP contribution in [0.1, 0.15) is 62.8 Å². The van der Waals surface area contributed by atoms with Crippen molar-refractivity contribution in [1.82, 2.24) is 20.1 Å². The smallest absolute Gasteiger partial charge is 0.341 e. The lowest BCUT2D eigenvalue weighted by Crippen LogP contribution is -2.25. The van der Waals surface area contributed by atoms with Crippen LogP contribution in [0.25, 0.3) is 5.69 Å². The van der Waals surface area contributed by atoms with Gasteiger partial charge in [-0.3, -0.25) is 14.2 Å². The summed E-state index contributed by atoms with van der Waals surface area (Å²) in [5.74, 6) is 0.253. The molecule has 12 heteroatoms. The van der Waals surface area contributed by atoms with Gasteiger partial charge >= 0.3 is 5.97 Å². The van der Waals surface area contributed by atoms with E-state index in [1.165, 1.54) is 23.1 Å². The van der Waals surface area contributed by atoms with Crippen molar-refractivity contribution in [2.45, 2.75) is 57.0 Å². The topological polar surface area (TPSA) is 124 Å². The number of rotatable bonds is 11. The Morgan fingerprint density at radius 3 is 2.63 bits per heavy atom. The molecule has 224 valence electrons. The van der Waals surface area contributed by atoms with Gasteiger partial charge in [-0.1, -0.05) is 23.9 Å². The second-order valence-corrected chi connectivity index (χ2v) is 12.4. The highest BCUT2D eigenvalue weighted by Crippen LogP contribution is 2.40. The van der Waals surface area contributed by atoms with Crippen molar-refractivity contribution in [3.05, 3.63) is 81.5 Å². The summed E-state index contributed by atoms with van der Waals surface area (Å²) in [5.41, 5.74) is 3.80. The molecule has 0 unspecified atom stereocenters. The van der Waals surface area contributed by atoms with Crippen LogP contribution in [0.2, 0.25) is 0 Å². The van der Waals surface area contributed by atoms with Gasteiger partial charge in [-0.2, -0.15) is 0 Å². The number of anilines is 1. The molecule has 10 nitrogen and oxygen atoms in total. The second-order valence-electron chi connectivity index (χ2n) is 10.0. The van der Waals surface area contributed by atoms with E-state index in [0.717, 1.165) is 41.0 Å². The van der Waals surface area contributed by atoms with Crippen molar-refractivity contribution in [3.63, 3.8) is 0 Å². The summed E-state index contributed by atoms with van der Waals surface area (Å²) < 4.78 is 12.3. The number of hydrogen-bond donors (Lipinski definition) is 2. The summed E-state index contributed by atoms with van der Waals surface area (Å²) in [7, 11) is 1.57. The quantitative estimate of drug-likeness (QED) is 0.170. The monoisotopic (exact) mass is 619 g/mol. The van der Waals surface area contributed by atoms with Gasteiger partial charge in [-0.15, -0.1) is 21.5 Å². The standard InChI is InChI=1S/C31H33N5O5S2/c1-5-41-30(39)26-23-10-7-11-24(23)43-29(26)33-27(37)19(3)42-31-35-34-25(36(31)21-9-6-8-18(2)16-21)17-32-28(38)20-12-14-22(40-4)15-13-20/h6,8-9,12-16,19H,5,7,10-11,17H2,1-4H3,(H,32,38)(H,33,37)/t19-/m0/s1. The van der Waals surface area contributed by atoms with Crippen LogP contribution < -0.4 is 15.4 Å². The molecular weight excluding hydrogens is 587 g/mol. The number of benzene rings is 2. The van der Waals surface area contributed by atoms with E-state index in [0.29, 0.717) is 32.9 Å². The molecule has 1 atom stereocenters. The molecule has 0 bridgehead atoms. The fourth-order valence-corrected chi connectivity index (χ4v) is 7.02. The van der Waals surface area contributed by atoms with E-state index in [9.17, 15) is 14.4 Å². The number of methoxy groups -OCH3 is 1. The van der Waals surface area contributed by atoms with Gasteiger partial charge in [0, 0.05) is 16.1 Å². The van der Waals surface area contributed by atoms with E-state index < -0.39 is 11.2 Å². The number of aromatic nitrogens is 3. The van der Waals surface area contributed by atoms with Crippen LogP contribution in [-0.2, 0) is 28.9 Å². The van der Waals surface area contributed by atoms with E-state index >= 15 is 0 Å². The molecule has 2 N–H and O–H groups in total. The molecule has 0 saturated heterocycles. The molecule has 2 aromatic heterocycles. The van der Waals surface area contributed by atoms with Gasteiger partial charge in [0.25, 0.3) is 5.91 Å². The molecule has 0 saturated carbocycles. The molecule has 2 aromatic carbocycles. The highest BCUT2D eigenvalue weighted by molar-refractivity contribution is 8.00. The molecule has 1 aliphatic carbocycles. The van der Waals surface area contributed by atoms with E-state index in [2.05, 4.69) is 20.8 Å². The Labute approximate surface area is 258 Å². The fourth-order valence-electron chi connectivity index (χ4n) is 4.86. The lowest BCUT2D eigenvalue weighted by Gasteiger charge is -2.15. The highest BCUT2D eigenvalue weighted by Gasteiger charge is 2.30. The molecule has 5 rings (SSSR count). The van der Waals surface area contributed by atoms with Gasteiger partial charge < -0.3 is 20.1 Å². The minimum absolute atomic E-state index is 0.122. The molecule has 2 amide bonds. The third-order valence-electron chi connectivity index (χ3n) is 7.01. The van der Waals surface area contributed by atoms with Gasteiger partial charge in [0.05, 0.1) is 31.1 Å². The molecule has 0 fully saturated rings. The Morgan fingerprint density at radius 1 is 1.12 bits per heavy atom. The van der Waals surface area contributed by atoms with Gasteiger partial charge in [-0.05, 0) is 87.6 Å². The maximum absolute atomic E-state index is 13.4. The molecule has 0 spiro atoms. The second kappa shape index (κ2) is 13.4. The summed E-state index contributed by atoms with van der Waals surface area (Å²) >= 11 is 2.70. The lowest BCUT2D eigenvalue weighted by atomic mass is 10.1. The Bertz CT molecular complexity index is 1650. The van der Waals surface area contributed by atoms with E-state index in [1.54, 1.807) is 45.2 Å². The third kappa shape index (κ3) is 6.75. The van der Waals surface area contributed by atoms with Crippen LogP contribution in [0.15, 0.2) is 53.7 Å². The van der Waals surface area contributed by atoms with Crippen molar-refractivity contribution >= 4 is 45.9 Å². The van der Waals surface area contributed by atoms with Gasteiger partial charge in [0.2, 0.25) is 5.91 Å². The predicted octanol–water partition coefficient (Wildman–Crippen LogP) is 5.36. The van der Waals surface area contributed by atoms with Crippen LogP contribution in [0.5, 0.6) is 5.75 Å². The summed E-state index contributed by atoms with van der Waals surface area (Å²) in [6, 6.07) is 14.7. The first-order chi connectivity index (χ1) is 20.8. The maximum Gasteiger partial charge on any atom is 0.341 e. The third-order valence-corrected chi connectivity index (χ3v) is 9.26. The number of hydrogen-bond acceptors (Lipinski definition) is 9. The summed E-state index contributed by atoms with van der Waals surface area (Å²) in [6.45, 7) is 5.93. The first-order valence-corrected chi connectivity index (χ1v) is 15.7. The zero-order chi connectivity index (χ0) is 30.5. The first-order valence-electron chi connectivity index (χ1n) is 14.0. The van der Waals surface area contributed by atoms with Crippen molar-refractivity contribution in [1.29, 1.82) is 0 Å². The molecule has 0 aliphatic heterocycles. The van der Waals surface area contributed by atoms with Crippen LogP contribution in [-0.4, -0.2) is 51.5 Å². The van der Waals surface area contributed by atoms with Crippen LogP contribution in [0.3, 0.4) is 0 Å². The molecule has 2 heterocycles. The number of thiophene rings is 1. The number of ether oxygens (including phenoxy) is 2. The Morgan fingerprint density at radius 2 is 1.91 bits per heavy atom. The number of esters is 1. The van der Waals surface area contributed by atoms with Crippen molar-refractivity contribution < 1.29 is 23.9 Å². The number of carbonyl (C=O) groups excluding carboxylic acids is 3. The zero-order valence-electron chi connectivity index (χ0n) is 24.4.